The fourth-order valence-electron chi connectivity index (χ4n) is 3.47. The molecule has 0 bridgehead atoms. The van der Waals surface area contributed by atoms with E-state index in [1.807, 2.05) is 25.4 Å². The van der Waals surface area contributed by atoms with Gasteiger partial charge in [-0.1, -0.05) is 28.1 Å². The van der Waals surface area contributed by atoms with Crippen LogP contribution in [0.4, 0.5) is 0 Å². The van der Waals surface area contributed by atoms with Crippen molar-refractivity contribution in [1.29, 1.82) is 0 Å². The number of pyridine rings is 1. The Morgan fingerprint density at radius 1 is 1.23 bits per heavy atom. The third-order valence-corrected chi connectivity index (χ3v) is 5.32. The number of ether oxygens (including phenoxy) is 2. The Bertz CT molecular complexity index is 878. The number of aromatic nitrogens is 3. The summed E-state index contributed by atoms with van der Waals surface area (Å²) in [6.07, 6.45) is 6.53. The normalized spacial score (nSPS) is 20.1. The molecule has 1 aromatic carbocycles. The van der Waals surface area contributed by atoms with Crippen molar-refractivity contribution < 1.29 is 9.47 Å². The molecular formula is C20H22BrN3O2. The van der Waals surface area contributed by atoms with Crippen molar-refractivity contribution in [3.63, 3.8) is 0 Å². The molecule has 0 aliphatic carbocycles. The minimum atomic E-state index is -0.103. The van der Waals surface area contributed by atoms with Gasteiger partial charge in [0.2, 0.25) is 0 Å². The first kappa shape index (κ1) is 17.6. The predicted molar refractivity (Wildman–Crippen MR) is 104 cm³/mol. The molecule has 0 radical (unpaired) electrons. The molecule has 2 atom stereocenters. The van der Waals surface area contributed by atoms with Crippen molar-refractivity contribution in [2.24, 2.45) is 0 Å². The summed E-state index contributed by atoms with van der Waals surface area (Å²) in [7, 11) is 0. The van der Waals surface area contributed by atoms with E-state index in [2.05, 4.69) is 54.7 Å². The minimum absolute atomic E-state index is 0.103. The molecule has 1 saturated heterocycles. The highest BCUT2D eigenvalue weighted by Gasteiger charge is 2.26. The van der Waals surface area contributed by atoms with E-state index < -0.39 is 0 Å². The lowest BCUT2D eigenvalue weighted by Gasteiger charge is -2.15. The van der Waals surface area contributed by atoms with E-state index in [1.54, 1.807) is 0 Å². The van der Waals surface area contributed by atoms with Gasteiger partial charge in [0.1, 0.15) is 11.3 Å². The zero-order chi connectivity index (χ0) is 17.9. The second-order valence-electron chi connectivity index (χ2n) is 6.58. The molecule has 1 aliphatic heterocycles. The standard InChI is InChI=1S/C20H22BrN3O2/c1-14-23-17-13-22-10-9-18(17)24(14)11-2-12-25-20-8-7-19(26-20)15-3-5-16(21)6-4-15/h3-6,9-10,13,19-20H,2,7-8,11-12H2,1H3. The van der Waals surface area contributed by atoms with Crippen LogP contribution in [0.1, 0.15) is 36.8 Å². The quantitative estimate of drug-likeness (QED) is 0.543. The summed E-state index contributed by atoms with van der Waals surface area (Å²) in [5.74, 6) is 1.01. The van der Waals surface area contributed by atoms with Crippen LogP contribution >= 0.6 is 15.9 Å². The van der Waals surface area contributed by atoms with Crippen molar-refractivity contribution >= 4 is 27.0 Å². The monoisotopic (exact) mass is 415 g/mol. The van der Waals surface area contributed by atoms with Crippen LogP contribution in [-0.4, -0.2) is 27.4 Å². The average molecular weight is 416 g/mol. The fraction of sp³-hybridized carbons (Fsp3) is 0.400. The first-order chi connectivity index (χ1) is 12.7. The Hall–Kier alpha value is -1.76. The maximum absolute atomic E-state index is 6.05. The topological polar surface area (TPSA) is 49.2 Å². The Kier molecular flexibility index (Phi) is 5.33. The highest BCUT2D eigenvalue weighted by Crippen LogP contribution is 2.33. The number of nitrogens with zero attached hydrogens (tertiary/aromatic N) is 3. The Balaban J connectivity index is 1.26. The maximum atomic E-state index is 6.05. The van der Waals surface area contributed by atoms with Gasteiger partial charge in [0.25, 0.3) is 0 Å². The van der Waals surface area contributed by atoms with Crippen LogP contribution in [0.5, 0.6) is 0 Å². The molecule has 6 heteroatoms. The molecule has 0 amide bonds. The van der Waals surface area contributed by atoms with Gasteiger partial charge >= 0.3 is 0 Å². The zero-order valence-electron chi connectivity index (χ0n) is 14.8. The Labute approximate surface area is 161 Å². The van der Waals surface area contributed by atoms with E-state index in [0.717, 1.165) is 47.1 Å². The van der Waals surface area contributed by atoms with E-state index >= 15 is 0 Å². The molecule has 1 fully saturated rings. The first-order valence-electron chi connectivity index (χ1n) is 9.00. The van der Waals surface area contributed by atoms with Crippen LogP contribution in [0.3, 0.4) is 0 Å². The number of benzene rings is 1. The van der Waals surface area contributed by atoms with Gasteiger partial charge in [-0.15, -0.1) is 0 Å². The van der Waals surface area contributed by atoms with Crippen molar-refractivity contribution in [1.82, 2.24) is 14.5 Å². The lowest BCUT2D eigenvalue weighted by molar-refractivity contribution is -0.135. The van der Waals surface area contributed by atoms with Crippen LogP contribution in [0.25, 0.3) is 11.0 Å². The highest BCUT2D eigenvalue weighted by atomic mass is 79.9. The second kappa shape index (κ2) is 7.86. The lowest BCUT2D eigenvalue weighted by Crippen LogP contribution is -2.14. The summed E-state index contributed by atoms with van der Waals surface area (Å²) in [6, 6.07) is 10.3. The van der Waals surface area contributed by atoms with Gasteiger partial charge in [0.15, 0.2) is 6.29 Å². The Morgan fingerprint density at radius 2 is 2.08 bits per heavy atom. The first-order valence-corrected chi connectivity index (χ1v) is 9.79. The van der Waals surface area contributed by atoms with Gasteiger partial charge in [-0.25, -0.2) is 4.98 Å². The second-order valence-corrected chi connectivity index (χ2v) is 7.50. The van der Waals surface area contributed by atoms with E-state index in [-0.39, 0.29) is 12.4 Å². The SMILES string of the molecule is Cc1nc2cnccc2n1CCCOC1CCC(c2ccc(Br)cc2)O1. The van der Waals surface area contributed by atoms with E-state index in [9.17, 15) is 0 Å². The number of rotatable bonds is 6. The summed E-state index contributed by atoms with van der Waals surface area (Å²) in [5, 5.41) is 0. The average Bonchev–Trinajstić information content (AvgIpc) is 3.24. The summed E-state index contributed by atoms with van der Waals surface area (Å²) in [5.41, 5.74) is 3.29. The molecule has 3 aromatic rings. The van der Waals surface area contributed by atoms with E-state index in [4.69, 9.17) is 9.47 Å². The maximum Gasteiger partial charge on any atom is 0.158 e. The molecule has 26 heavy (non-hydrogen) atoms. The zero-order valence-corrected chi connectivity index (χ0v) is 16.4. The number of hydrogen-bond donors (Lipinski definition) is 0. The largest absolute Gasteiger partial charge is 0.353 e. The summed E-state index contributed by atoms with van der Waals surface area (Å²) >= 11 is 3.47. The van der Waals surface area contributed by atoms with Crippen molar-refractivity contribution in [2.45, 2.75) is 45.1 Å². The molecule has 0 saturated carbocycles. The molecule has 2 unspecified atom stereocenters. The summed E-state index contributed by atoms with van der Waals surface area (Å²) in [4.78, 5) is 8.68. The van der Waals surface area contributed by atoms with Crippen LogP contribution in [0, 0.1) is 6.92 Å². The summed E-state index contributed by atoms with van der Waals surface area (Å²) in [6.45, 7) is 3.60. The molecule has 2 aromatic heterocycles. The van der Waals surface area contributed by atoms with Gasteiger partial charge in [0.05, 0.1) is 24.4 Å². The highest BCUT2D eigenvalue weighted by molar-refractivity contribution is 9.10. The van der Waals surface area contributed by atoms with Crippen LogP contribution < -0.4 is 0 Å². The number of hydrogen-bond acceptors (Lipinski definition) is 4. The van der Waals surface area contributed by atoms with Gasteiger partial charge in [-0.05, 0) is 43.5 Å². The van der Waals surface area contributed by atoms with Crippen molar-refractivity contribution in [3.8, 4) is 0 Å². The third kappa shape index (κ3) is 3.82. The number of aryl methyl sites for hydroxylation is 2. The number of halogens is 1. The molecule has 0 spiro atoms. The van der Waals surface area contributed by atoms with Gasteiger partial charge < -0.3 is 14.0 Å². The van der Waals surface area contributed by atoms with Crippen LogP contribution in [0.15, 0.2) is 47.2 Å². The number of fused-ring (bicyclic) bond motifs is 1. The minimum Gasteiger partial charge on any atom is -0.353 e. The lowest BCUT2D eigenvalue weighted by atomic mass is 10.1. The molecule has 4 rings (SSSR count). The van der Waals surface area contributed by atoms with E-state index in [1.165, 1.54) is 5.56 Å². The fourth-order valence-corrected chi connectivity index (χ4v) is 3.74. The summed E-state index contributed by atoms with van der Waals surface area (Å²) < 4.78 is 15.3. The van der Waals surface area contributed by atoms with Gasteiger partial charge in [-0.2, -0.15) is 0 Å². The molecule has 5 nitrogen and oxygen atoms in total. The molecule has 0 N–H and O–H groups in total. The van der Waals surface area contributed by atoms with Crippen molar-refractivity contribution in [3.05, 3.63) is 58.6 Å². The Morgan fingerprint density at radius 3 is 2.92 bits per heavy atom. The molecule has 1 aliphatic rings. The van der Waals surface area contributed by atoms with Crippen LogP contribution in [-0.2, 0) is 16.0 Å². The molecular weight excluding hydrogens is 394 g/mol. The number of imidazole rings is 1. The van der Waals surface area contributed by atoms with Crippen molar-refractivity contribution in [2.75, 3.05) is 6.61 Å². The predicted octanol–water partition coefficient (Wildman–Crippen LogP) is 4.79. The van der Waals surface area contributed by atoms with E-state index in [0.29, 0.717) is 6.61 Å². The van der Waals surface area contributed by atoms with Gasteiger partial charge in [0, 0.05) is 23.6 Å². The molecule has 136 valence electrons. The smallest absolute Gasteiger partial charge is 0.158 e. The third-order valence-electron chi connectivity index (χ3n) is 4.79. The van der Waals surface area contributed by atoms with Crippen LogP contribution in [0.2, 0.25) is 0 Å². The molecule has 3 heterocycles. The van der Waals surface area contributed by atoms with Gasteiger partial charge in [-0.3, -0.25) is 4.98 Å².